The molecule has 3 N–H and O–H groups in total. The third-order valence-corrected chi connectivity index (χ3v) is 3.56. The van der Waals surface area contributed by atoms with Gasteiger partial charge in [-0.15, -0.1) is 0 Å². The Labute approximate surface area is 145 Å². The molecule has 5 heteroatoms. The van der Waals surface area contributed by atoms with Gasteiger partial charge in [0.1, 0.15) is 23.9 Å². The molecule has 3 aromatic rings. The van der Waals surface area contributed by atoms with Gasteiger partial charge in [0, 0.05) is 0 Å². The first kappa shape index (κ1) is 16.4. The highest BCUT2D eigenvalue weighted by Gasteiger charge is 2.08. The van der Waals surface area contributed by atoms with E-state index >= 15 is 0 Å². The summed E-state index contributed by atoms with van der Waals surface area (Å²) in [5, 5.41) is 8.94. The zero-order valence-electron chi connectivity index (χ0n) is 13.4. The number of nitrogens with two attached hydrogens (primary N) is 1. The lowest BCUT2D eigenvalue weighted by molar-refractivity contribution is 0.0697. The van der Waals surface area contributed by atoms with Gasteiger partial charge in [0.05, 0.1) is 11.3 Å². The summed E-state index contributed by atoms with van der Waals surface area (Å²) in [6, 6.07) is 21.4. The fraction of sp³-hybridized carbons (Fsp3) is 0.0500. The first-order valence-electron chi connectivity index (χ1n) is 7.69. The summed E-state index contributed by atoms with van der Waals surface area (Å²) in [6.45, 7) is 0.491. The van der Waals surface area contributed by atoms with Crippen LogP contribution in [0.5, 0.6) is 17.2 Å². The molecule has 3 rings (SSSR count). The van der Waals surface area contributed by atoms with Crippen molar-refractivity contribution in [3.63, 3.8) is 0 Å². The van der Waals surface area contributed by atoms with Crippen molar-refractivity contribution >= 4 is 11.7 Å². The average molecular weight is 335 g/mol. The van der Waals surface area contributed by atoms with E-state index in [-0.39, 0.29) is 11.3 Å². The standard InChI is InChI=1S/C20H17NO4/c21-18-12-15(20(22)23)6-11-19(18)25-17-9-7-16(8-10-17)24-13-14-4-2-1-3-5-14/h1-12H,13,21H2,(H,22,23). The molecule has 5 nitrogen and oxygen atoms in total. The molecule has 0 heterocycles. The molecule has 25 heavy (non-hydrogen) atoms. The van der Waals surface area contributed by atoms with E-state index in [1.165, 1.54) is 12.1 Å². The molecule has 126 valence electrons. The molecule has 0 aliphatic heterocycles. The third-order valence-electron chi connectivity index (χ3n) is 3.56. The number of rotatable bonds is 6. The van der Waals surface area contributed by atoms with Gasteiger partial charge in [0.15, 0.2) is 0 Å². The zero-order valence-corrected chi connectivity index (χ0v) is 13.4. The third kappa shape index (κ3) is 4.29. The van der Waals surface area contributed by atoms with Crippen molar-refractivity contribution in [1.82, 2.24) is 0 Å². The largest absolute Gasteiger partial charge is 0.489 e. The topological polar surface area (TPSA) is 81.8 Å². The summed E-state index contributed by atoms with van der Waals surface area (Å²) in [5.74, 6) is 0.688. The van der Waals surface area contributed by atoms with Gasteiger partial charge in [-0.1, -0.05) is 30.3 Å². The van der Waals surface area contributed by atoms with Crippen molar-refractivity contribution in [1.29, 1.82) is 0 Å². The molecule has 0 bridgehead atoms. The Bertz CT molecular complexity index is 861. The van der Waals surface area contributed by atoms with Crippen LogP contribution in [0.4, 0.5) is 5.69 Å². The second-order valence-electron chi connectivity index (χ2n) is 5.41. The summed E-state index contributed by atoms with van der Waals surface area (Å²) in [6.07, 6.45) is 0. The maximum atomic E-state index is 10.9. The molecule has 0 aromatic heterocycles. The Morgan fingerprint density at radius 1 is 0.920 bits per heavy atom. The highest BCUT2D eigenvalue weighted by atomic mass is 16.5. The van der Waals surface area contributed by atoms with E-state index in [1.54, 1.807) is 30.3 Å². The lowest BCUT2D eigenvalue weighted by Crippen LogP contribution is -1.99. The minimum atomic E-state index is -1.03. The van der Waals surface area contributed by atoms with Gasteiger partial charge in [-0.3, -0.25) is 0 Å². The quantitative estimate of drug-likeness (QED) is 0.655. The fourth-order valence-corrected chi connectivity index (χ4v) is 2.25. The van der Waals surface area contributed by atoms with Crippen LogP contribution in [-0.2, 0) is 6.61 Å². The minimum absolute atomic E-state index is 0.120. The maximum absolute atomic E-state index is 10.9. The number of anilines is 1. The Morgan fingerprint density at radius 3 is 2.24 bits per heavy atom. The van der Waals surface area contributed by atoms with Gasteiger partial charge in [-0.05, 0) is 48.0 Å². The molecule has 0 radical (unpaired) electrons. The monoisotopic (exact) mass is 335 g/mol. The van der Waals surface area contributed by atoms with Gasteiger partial charge in [-0.25, -0.2) is 4.79 Å². The van der Waals surface area contributed by atoms with Gasteiger partial charge in [0.2, 0.25) is 0 Å². The van der Waals surface area contributed by atoms with E-state index in [2.05, 4.69) is 0 Å². The first-order valence-corrected chi connectivity index (χ1v) is 7.69. The van der Waals surface area contributed by atoms with Crippen molar-refractivity contribution < 1.29 is 19.4 Å². The van der Waals surface area contributed by atoms with Gasteiger partial charge in [-0.2, -0.15) is 0 Å². The molecule has 0 amide bonds. The van der Waals surface area contributed by atoms with Crippen molar-refractivity contribution in [2.24, 2.45) is 0 Å². The summed E-state index contributed by atoms with van der Waals surface area (Å²) in [5.41, 5.74) is 7.32. The Morgan fingerprint density at radius 2 is 1.60 bits per heavy atom. The van der Waals surface area contributed by atoms with E-state index in [4.69, 9.17) is 20.3 Å². The molecular formula is C20H17NO4. The van der Waals surface area contributed by atoms with E-state index in [1.807, 2.05) is 30.3 Å². The van der Waals surface area contributed by atoms with Crippen molar-refractivity contribution in [3.8, 4) is 17.2 Å². The molecule has 0 aliphatic carbocycles. The average Bonchev–Trinajstić information content (AvgIpc) is 2.63. The number of carbonyl (C=O) groups is 1. The number of nitrogen functional groups attached to an aromatic ring is 1. The summed E-state index contributed by atoms with van der Waals surface area (Å²) in [7, 11) is 0. The van der Waals surface area contributed by atoms with Crippen LogP contribution in [0.3, 0.4) is 0 Å². The molecule has 0 fully saturated rings. The van der Waals surface area contributed by atoms with Crippen LogP contribution in [-0.4, -0.2) is 11.1 Å². The van der Waals surface area contributed by atoms with Crippen LogP contribution >= 0.6 is 0 Å². The normalized spacial score (nSPS) is 10.2. The van der Waals surface area contributed by atoms with Crippen LogP contribution in [0.25, 0.3) is 0 Å². The maximum Gasteiger partial charge on any atom is 0.335 e. The Kier molecular flexibility index (Phi) is 4.85. The summed E-state index contributed by atoms with van der Waals surface area (Å²) < 4.78 is 11.4. The lowest BCUT2D eigenvalue weighted by atomic mass is 10.2. The molecule has 0 saturated heterocycles. The van der Waals surface area contributed by atoms with Crippen molar-refractivity contribution in [2.45, 2.75) is 6.61 Å². The molecule has 0 saturated carbocycles. The van der Waals surface area contributed by atoms with Crippen LogP contribution < -0.4 is 15.2 Å². The second-order valence-corrected chi connectivity index (χ2v) is 5.41. The van der Waals surface area contributed by atoms with Crippen molar-refractivity contribution in [3.05, 3.63) is 83.9 Å². The summed E-state index contributed by atoms with van der Waals surface area (Å²) >= 11 is 0. The van der Waals surface area contributed by atoms with E-state index in [0.717, 1.165) is 11.3 Å². The number of benzene rings is 3. The SMILES string of the molecule is Nc1cc(C(=O)O)ccc1Oc1ccc(OCc2ccccc2)cc1. The predicted molar refractivity (Wildman–Crippen MR) is 95.1 cm³/mol. The van der Waals surface area contributed by atoms with Crippen LogP contribution in [0.15, 0.2) is 72.8 Å². The summed E-state index contributed by atoms with van der Waals surface area (Å²) in [4.78, 5) is 10.9. The highest BCUT2D eigenvalue weighted by Crippen LogP contribution is 2.29. The van der Waals surface area contributed by atoms with Crippen molar-refractivity contribution in [2.75, 3.05) is 5.73 Å². The van der Waals surface area contributed by atoms with E-state index < -0.39 is 5.97 Å². The van der Waals surface area contributed by atoms with Crippen LogP contribution in [0.1, 0.15) is 15.9 Å². The molecular weight excluding hydrogens is 318 g/mol. The fourth-order valence-electron chi connectivity index (χ4n) is 2.25. The number of aromatic carboxylic acids is 1. The zero-order chi connectivity index (χ0) is 17.6. The molecule has 0 unspecified atom stereocenters. The number of carboxylic acids is 1. The van der Waals surface area contributed by atoms with Crippen LogP contribution in [0.2, 0.25) is 0 Å². The Balaban J connectivity index is 1.63. The van der Waals surface area contributed by atoms with Gasteiger partial charge < -0.3 is 20.3 Å². The molecule has 0 aliphatic rings. The van der Waals surface area contributed by atoms with Gasteiger partial charge >= 0.3 is 5.97 Å². The minimum Gasteiger partial charge on any atom is -0.489 e. The smallest absolute Gasteiger partial charge is 0.335 e. The predicted octanol–water partition coefficient (Wildman–Crippen LogP) is 4.34. The number of ether oxygens (including phenoxy) is 2. The van der Waals surface area contributed by atoms with E-state index in [0.29, 0.717) is 18.1 Å². The highest BCUT2D eigenvalue weighted by molar-refractivity contribution is 5.89. The number of hydrogen-bond donors (Lipinski definition) is 2. The van der Waals surface area contributed by atoms with Gasteiger partial charge in [0.25, 0.3) is 0 Å². The lowest BCUT2D eigenvalue weighted by Gasteiger charge is -2.10. The molecule has 3 aromatic carbocycles. The first-order chi connectivity index (χ1) is 12.1. The number of hydrogen-bond acceptors (Lipinski definition) is 4. The number of carboxylic acid groups (broad SMARTS) is 1. The molecule has 0 spiro atoms. The Hall–Kier alpha value is -3.47. The molecule has 0 atom stereocenters. The van der Waals surface area contributed by atoms with Crippen LogP contribution in [0, 0.1) is 0 Å². The van der Waals surface area contributed by atoms with E-state index in [9.17, 15) is 4.79 Å². The second kappa shape index (κ2) is 7.40.